The molecule has 0 aliphatic carbocycles. The fourth-order valence-electron chi connectivity index (χ4n) is 1.59. The molecule has 12 heteroatoms. The fourth-order valence-corrected chi connectivity index (χ4v) is 1.88. The first-order valence-corrected chi connectivity index (χ1v) is 7.32. The zero-order chi connectivity index (χ0) is 16.0. The minimum atomic E-state index is -2.23. The van der Waals surface area contributed by atoms with Crippen LogP contribution in [-0.4, -0.2) is 47.5 Å². The van der Waals surface area contributed by atoms with Gasteiger partial charge in [-0.2, -0.15) is 0 Å². The maximum Gasteiger partial charge on any atom is 0.330 e. The van der Waals surface area contributed by atoms with Crippen LogP contribution in [0, 0.1) is 0 Å². The molecule has 4 radical (unpaired) electrons. The Morgan fingerprint density at radius 2 is 2.19 bits per heavy atom. The van der Waals surface area contributed by atoms with Crippen LogP contribution in [0.3, 0.4) is 0 Å². The second-order valence-electron chi connectivity index (χ2n) is 3.90. The van der Waals surface area contributed by atoms with Crippen LogP contribution in [-0.2, 0) is 9.26 Å². The van der Waals surface area contributed by atoms with Crippen LogP contribution in [0.5, 0.6) is 0 Å². The summed E-state index contributed by atoms with van der Waals surface area (Å²) in [7, 11) is 8.02. The summed E-state index contributed by atoms with van der Waals surface area (Å²) in [5.74, 6) is 0. The summed E-state index contributed by atoms with van der Waals surface area (Å²) in [5.41, 5.74) is -1.14. The topological polar surface area (TPSA) is 114 Å². The lowest BCUT2D eigenvalue weighted by Gasteiger charge is -2.13. The normalized spacial score (nSPS) is 21.1. The van der Waals surface area contributed by atoms with Crippen molar-refractivity contribution in [2.75, 3.05) is 6.51 Å². The summed E-state index contributed by atoms with van der Waals surface area (Å²) in [5, 5.41) is -0.0429. The number of hydrogen-bond donors (Lipinski definition) is 3. The van der Waals surface area contributed by atoms with E-state index in [9.17, 15) is 9.59 Å². The van der Waals surface area contributed by atoms with Gasteiger partial charge in [-0.3, -0.25) is 14.3 Å². The van der Waals surface area contributed by atoms with Crippen LogP contribution in [0.25, 0.3) is 0 Å². The molecular weight excluding hydrogens is 320 g/mol. The number of aromatic nitrogens is 2. The van der Waals surface area contributed by atoms with Crippen molar-refractivity contribution in [3.05, 3.63) is 32.1 Å². The average molecular weight is 332 g/mol. The van der Waals surface area contributed by atoms with Gasteiger partial charge in [0, 0.05) is 18.7 Å². The molecule has 2 heterocycles. The Bertz CT molecular complexity index is 568. The monoisotopic (exact) mass is 332 g/mol. The van der Waals surface area contributed by atoms with Gasteiger partial charge in [0.15, 0.2) is 0 Å². The number of hydrogen-bond acceptors (Lipinski definition) is 6. The number of ether oxygens (including phenoxy) is 1. The van der Waals surface area contributed by atoms with Gasteiger partial charge in [-0.05, 0) is 12.8 Å². The molecule has 1 saturated heterocycles. The molecule has 1 unspecified atom stereocenters. The zero-order valence-electron chi connectivity index (χ0n) is 10.8. The molecule has 0 amide bonds. The van der Waals surface area contributed by atoms with E-state index in [1.165, 1.54) is 10.8 Å². The molecule has 3 N–H and O–H groups in total. The summed E-state index contributed by atoms with van der Waals surface area (Å²) >= 11 is 5.61. The highest BCUT2D eigenvalue weighted by Crippen LogP contribution is 2.25. The number of rotatable bonds is 3. The lowest BCUT2D eigenvalue weighted by molar-refractivity contribution is 0.0340. The van der Waals surface area contributed by atoms with E-state index in [0.29, 0.717) is 12.8 Å². The Kier molecular flexibility index (Phi) is 7.65. The molecule has 8 nitrogen and oxygen atoms in total. The molecule has 1 aliphatic rings. The summed E-state index contributed by atoms with van der Waals surface area (Å²) in [6, 6.07) is -0.368. The average Bonchev–Trinajstić information content (AvgIpc) is 2.81. The van der Waals surface area contributed by atoms with Gasteiger partial charge in [0.2, 0.25) is 0 Å². The first kappa shape index (κ1) is 18.4. The maximum absolute atomic E-state index is 11.4. The van der Waals surface area contributed by atoms with E-state index in [1.807, 2.05) is 0 Å². The molecule has 112 valence electrons. The van der Waals surface area contributed by atoms with Gasteiger partial charge in [0.25, 0.3) is 5.56 Å². The zero-order valence-corrected chi connectivity index (χ0v) is 12.5. The minimum absolute atomic E-state index is 0.0429. The van der Waals surface area contributed by atoms with Gasteiger partial charge >= 0.3 is 14.3 Å². The molecular formula is C9H12B2ClN2O6P. The Balaban J connectivity index is 0.000000315. The molecule has 1 aromatic heterocycles. The Labute approximate surface area is 128 Å². The van der Waals surface area contributed by atoms with Crippen LogP contribution in [0.1, 0.15) is 19.1 Å². The van der Waals surface area contributed by atoms with E-state index in [-0.39, 0.29) is 17.5 Å². The Morgan fingerprint density at radius 3 is 2.62 bits per heavy atom. The van der Waals surface area contributed by atoms with Crippen LogP contribution in [0.2, 0.25) is 5.02 Å². The maximum atomic E-state index is 11.4. The first-order valence-electron chi connectivity index (χ1n) is 5.78. The van der Waals surface area contributed by atoms with Crippen molar-refractivity contribution >= 4 is 35.9 Å². The summed E-state index contributed by atoms with van der Waals surface area (Å²) in [4.78, 5) is 40.3. The highest BCUT2D eigenvalue weighted by Gasteiger charge is 2.24. The van der Waals surface area contributed by atoms with Gasteiger partial charge in [0.1, 0.15) is 26.9 Å². The predicted octanol–water partition coefficient (Wildman–Crippen LogP) is -0.666. The van der Waals surface area contributed by atoms with E-state index in [2.05, 4.69) is 9.51 Å². The minimum Gasteiger partial charge on any atom is -0.364 e. The standard InChI is InChI=1S/C8H8BClN2O3.CH4BO3P/c9-5-1-2-6(15-5)12-3-4(10)7(13)11-8(12)14;2-1-5-6(3)4/h3,5-6H,1-2H2,(H,11,13,14);3-4H,1H2/t5-,6?;/m0./s1. The van der Waals surface area contributed by atoms with E-state index in [1.54, 1.807) is 0 Å². The summed E-state index contributed by atoms with van der Waals surface area (Å²) in [6.45, 7) is -0.140. The third-order valence-electron chi connectivity index (χ3n) is 2.45. The van der Waals surface area contributed by atoms with Crippen molar-refractivity contribution in [3.8, 4) is 0 Å². The molecule has 0 saturated carbocycles. The van der Waals surface area contributed by atoms with Crippen molar-refractivity contribution in [3.63, 3.8) is 0 Å². The van der Waals surface area contributed by atoms with Crippen LogP contribution in [0.4, 0.5) is 0 Å². The van der Waals surface area contributed by atoms with Crippen molar-refractivity contribution in [2.24, 2.45) is 0 Å². The molecule has 2 atom stereocenters. The molecule has 1 aromatic rings. The highest BCUT2D eigenvalue weighted by molar-refractivity contribution is 7.39. The second kappa shape index (κ2) is 8.73. The van der Waals surface area contributed by atoms with Crippen molar-refractivity contribution < 1.29 is 19.0 Å². The predicted molar refractivity (Wildman–Crippen MR) is 78.3 cm³/mol. The van der Waals surface area contributed by atoms with Crippen molar-refractivity contribution in [1.29, 1.82) is 0 Å². The fraction of sp³-hybridized carbons (Fsp3) is 0.556. The highest BCUT2D eigenvalue weighted by atomic mass is 35.5. The van der Waals surface area contributed by atoms with Gasteiger partial charge in [-0.1, -0.05) is 11.6 Å². The van der Waals surface area contributed by atoms with Crippen LogP contribution >= 0.6 is 20.2 Å². The smallest absolute Gasteiger partial charge is 0.330 e. The van der Waals surface area contributed by atoms with E-state index in [4.69, 9.17) is 41.8 Å². The molecule has 1 fully saturated rings. The Morgan fingerprint density at radius 1 is 1.52 bits per heavy atom. The SMILES string of the molecule is [B]COP(O)O.[B][C@@H]1CCC(n2cc(Cl)c(=O)[nH]c2=O)O1. The lowest BCUT2D eigenvalue weighted by atomic mass is 9.98. The third kappa shape index (κ3) is 5.94. The molecule has 21 heavy (non-hydrogen) atoms. The van der Waals surface area contributed by atoms with Gasteiger partial charge < -0.3 is 19.0 Å². The molecule has 2 rings (SSSR count). The Hall–Kier alpha value is -0.630. The lowest BCUT2D eigenvalue weighted by Crippen LogP contribution is -2.32. The van der Waals surface area contributed by atoms with Crippen molar-refractivity contribution in [1.82, 2.24) is 9.55 Å². The largest absolute Gasteiger partial charge is 0.364 e. The molecule has 0 aromatic carbocycles. The number of nitrogens with one attached hydrogen (secondary N) is 1. The van der Waals surface area contributed by atoms with Gasteiger partial charge in [-0.15, -0.1) is 0 Å². The molecule has 1 aliphatic heterocycles. The quantitative estimate of drug-likeness (QED) is 0.500. The molecule has 0 bridgehead atoms. The van der Waals surface area contributed by atoms with Crippen LogP contribution in [0.15, 0.2) is 15.8 Å². The summed E-state index contributed by atoms with van der Waals surface area (Å²) in [6.07, 6.45) is 2.13. The van der Waals surface area contributed by atoms with E-state index in [0.717, 1.165) is 0 Å². The number of nitrogens with zero attached hydrogens (tertiary/aromatic N) is 1. The third-order valence-corrected chi connectivity index (χ3v) is 3.10. The van der Waals surface area contributed by atoms with Gasteiger partial charge in [-0.25, -0.2) is 4.79 Å². The number of H-pyrrole nitrogens is 1. The number of halogens is 1. The number of aromatic amines is 1. The first-order chi connectivity index (χ1) is 9.85. The van der Waals surface area contributed by atoms with E-state index < -0.39 is 26.1 Å². The molecule has 0 spiro atoms. The summed E-state index contributed by atoms with van der Waals surface area (Å²) < 4.78 is 10.5. The second-order valence-corrected chi connectivity index (χ2v) is 5.07. The van der Waals surface area contributed by atoms with Gasteiger partial charge in [0.05, 0.1) is 0 Å². The van der Waals surface area contributed by atoms with Crippen LogP contribution < -0.4 is 11.2 Å². The van der Waals surface area contributed by atoms with E-state index >= 15 is 0 Å². The van der Waals surface area contributed by atoms with Crippen molar-refractivity contribution in [2.45, 2.75) is 25.1 Å².